The van der Waals surface area contributed by atoms with Gasteiger partial charge in [-0.05, 0) is 19.9 Å². The third-order valence-corrected chi connectivity index (χ3v) is 2.89. The second-order valence-corrected chi connectivity index (χ2v) is 4.41. The molecule has 116 valence electrons. The van der Waals surface area contributed by atoms with Crippen molar-refractivity contribution in [2.75, 3.05) is 27.2 Å². The van der Waals surface area contributed by atoms with Crippen molar-refractivity contribution in [2.45, 2.75) is 20.4 Å². The number of halogens is 2. The number of quaternary nitrogens is 1. The number of carbonyl (C=O) groups is 1. The Bertz CT molecular complexity index is 399. The first-order chi connectivity index (χ1) is 8.58. The third-order valence-electron chi connectivity index (χ3n) is 2.89. The number of ether oxygens (including phenoxy) is 1. The summed E-state index contributed by atoms with van der Waals surface area (Å²) >= 11 is 0. The van der Waals surface area contributed by atoms with Crippen molar-refractivity contribution in [3.05, 3.63) is 24.0 Å². The number of hydrogen-bond acceptors (Lipinski definition) is 2. The normalized spacial score (nSPS) is 9.45. The zero-order valence-corrected chi connectivity index (χ0v) is 13.9. The molecule has 0 radical (unpaired) electrons. The molecule has 1 aromatic heterocycles. The first kappa shape index (κ1) is 21.3. The minimum absolute atomic E-state index is 0. The lowest BCUT2D eigenvalue weighted by molar-refractivity contribution is -0.914. The summed E-state index contributed by atoms with van der Waals surface area (Å²) < 4.78 is 5.34. The van der Waals surface area contributed by atoms with E-state index in [0.717, 1.165) is 25.3 Å². The van der Waals surface area contributed by atoms with Crippen LogP contribution in [0.1, 0.15) is 19.5 Å². The lowest BCUT2D eigenvalue weighted by Crippen LogP contribution is -3.10. The Morgan fingerprint density at radius 2 is 1.90 bits per heavy atom. The number of hydrogen-bond donors (Lipinski definition) is 1. The van der Waals surface area contributed by atoms with Crippen LogP contribution >= 0.6 is 0 Å². The van der Waals surface area contributed by atoms with Gasteiger partial charge in [0.25, 0.3) is 5.69 Å². The third kappa shape index (κ3) is 6.41. The van der Waals surface area contributed by atoms with Gasteiger partial charge < -0.3 is 39.4 Å². The molecule has 0 saturated carbocycles. The van der Waals surface area contributed by atoms with Crippen molar-refractivity contribution < 1.29 is 44.2 Å². The summed E-state index contributed by atoms with van der Waals surface area (Å²) in [6.45, 7) is 7.20. The lowest BCUT2D eigenvalue weighted by atomic mass is 10.3. The second kappa shape index (κ2) is 10.7. The second-order valence-electron chi connectivity index (χ2n) is 4.41. The Morgan fingerprint density at radius 3 is 2.40 bits per heavy atom. The van der Waals surface area contributed by atoms with Gasteiger partial charge in [-0.2, -0.15) is 0 Å². The molecule has 0 aliphatic carbocycles. The lowest BCUT2D eigenvalue weighted by Gasteiger charge is -2.15. The number of rotatable bonds is 5. The Labute approximate surface area is 133 Å². The topological polar surface area (TPSA) is 48.1 Å². The molecule has 2 N–H and O–H groups in total. The highest BCUT2D eigenvalue weighted by atomic mass is 35.5. The van der Waals surface area contributed by atoms with Crippen molar-refractivity contribution >= 4 is 6.09 Å². The molecule has 1 aromatic rings. The number of amides is 1. The Balaban J connectivity index is 0. The SMILES string of the molecule is CC[NH+](CC)Cc1[nH+]cccc1OC(=O)N(C)C.[Cl-].[Cl-]. The monoisotopic (exact) mass is 323 g/mol. The molecular weight excluding hydrogens is 301 g/mol. The molecule has 0 aliphatic rings. The van der Waals surface area contributed by atoms with Gasteiger partial charge in [0.05, 0.1) is 13.1 Å². The molecule has 0 spiro atoms. The van der Waals surface area contributed by atoms with E-state index >= 15 is 0 Å². The van der Waals surface area contributed by atoms with Gasteiger partial charge in [-0.25, -0.2) is 9.78 Å². The summed E-state index contributed by atoms with van der Waals surface area (Å²) in [6, 6.07) is 3.65. The van der Waals surface area contributed by atoms with Crippen molar-refractivity contribution in [2.24, 2.45) is 0 Å². The van der Waals surface area contributed by atoms with Crippen LogP contribution < -0.4 is 39.4 Å². The average molecular weight is 324 g/mol. The maximum absolute atomic E-state index is 11.6. The molecule has 0 atom stereocenters. The standard InChI is InChI=1S/C13H21N3O2.2ClH/c1-5-16(6-2)10-11-12(8-7-9-14-11)18-13(17)15(3)4;;/h7-9H,5-6,10H2,1-4H3;2*1H. The van der Waals surface area contributed by atoms with E-state index in [0.29, 0.717) is 5.75 Å². The van der Waals surface area contributed by atoms with Gasteiger partial charge in [0.15, 0.2) is 12.7 Å². The maximum atomic E-state index is 11.6. The van der Waals surface area contributed by atoms with Crippen LogP contribution in [0.3, 0.4) is 0 Å². The number of nitrogens with one attached hydrogen (secondary N) is 2. The molecule has 0 fully saturated rings. The van der Waals surface area contributed by atoms with E-state index in [1.165, 1.54) is 9.80 Å². The van der Waals surface area contributed by atoms with E-state index < -0.39 is 0 Å². The van der Waals surface area contributed by atoms with Crippen LogP contribution in [0.25, 0.3) is 0 Å². The zero-order chi connectivity index (χ0) is 13.5. The number of pyridine rings is 1. The molecule has 1 amide bonds. The van der Waals surface area contributed by atoms with Gasteiger partial charge in [0, 0.05) is 20.2 Å². The Kier molecular flexibility index (Phi) is 11.4. The molecule has 20 heavy (non-hydrogen) atoms. The predicted molar refractivity (Wildman–Crippen MR) is 68.5 cm³/mol. The fourth-order valence-electron chi connectivity index (χ4n) is 1.63. The first-order valence-corrected chi connectivity index (χ1v) is 6.30. The van der Waals surface area contributed by atoms with E-state index in [1.807, 2.05) is 18.3 Å². The highest BCUT2D eigenvalue weighted by Crippen LogP contribution is 2.12. The summed E-state index contributed by atoms with van der Waals surface area (Å²) in [5.74, 6) is 0.607. The number of aromatic amines is 1. The van der Waals surface area contributed by atoms with E-state index in [4.69, 9.17) is 4.74 Å². The van der Waals surface area contributed by atoms with E-state index in [9.17, 15) is 4.79 Å². The van der Waals surface area contributed by atoms with Crippen LogP contribution in [0.4, 0.5) is 4.79 Å². The minimum atomic E-state index is -0.356. The first-order valence-electron chi connectivity index (χ1n) is 6.30. The molecule has 0 unspecified atom stereocenters. The van der Waals surface area contributed by atoms with Crippen LogP contribution in [-0.2, 0) is 6.54 Å². The predicted octanol–water partition coefficient (Wildman–Crippen LogP) is -6.01. The summed E-state index contributed by atoms with van der Waals surface area (Å²) in [6.07, 6.45) is 1.50. The molecule has 1 rings (SSSR count). The molecule has 0 saturated heterocycles. The van der Waals surface area contributed by atoms with Crippen molar-refractivity contribution in [1.29, 1.82) is 0 Å². The zero-order valence-electron chi connectivity index (χ0n) is 12.4. The smallest absolute Gasteiger partial charge is 0.414 e. The van der Waals surface area contributed by atoms with E-state index in [2.05, 4.69) is 18.8 Å². The molecule has 0 aliphatic heterocycles. The van der Waals surface area contributed by atoms with Crippen LogP contribution in [0.5, 0.6) is 5.75 Å². The fraction of sp³-hybridized carbons (Fsp3) is 0.538. The maximum Gasteiger partial charge on any atom is 0.414 e. The van der Waals surface area contributed by atoms with Crippen molar-refractivity contribution in [1.82, 2.24) is 4.90 Å². The largest absolute Gasteiger partial charge is 1.00 e. The van der Waals surface area contributed by atoms with E-state index in [1.54, 1.807) is 14.1 Å². The summed E-state index contributed by atoms with van der Waals surface area (Å²) in [7, 11) is 3.34. The number of aromatic nitrogens is 1. The van der Waals surface area contributed by atoms with Gasteiger partial charge in [-0.3, -0.25) is 0 Å². The quantitative estimate of drug-likeness (QED) is 0.586. The van der Waals surface area contributed by atoms with Gasteiger partial charge in [0.1, 0.15) is 0 Å². The van der Waals surface area contributed by atoms with Crippen molar-refractivity contribution in [3.63, 3.8) is 0 Å². The van der Waals surface area contributed by atoms with Gasteiger partial charge >= 0.3 is 6.09 Å². The van der Waals surface area contributed by atoms with Gasteiger partial charge in [-0.1, -0.05) is 0 Å². The molecule has 0 aromatic carbocycles. The van der Waals surface area contributed by atoms with Crippen LogP contribution in [0, 0.1) is 0 Å². The highest BCUT2D eigenvalue weighted by molar-refractivity contribution is 5.70. The molecular formula is C13H23Cl2N3O2. The number of carbonyl (C=O) groups excluding carboxylic acids is 1. The van der Waals surface area contributed by atoms with E-state index in [-0.39, 0.29) is 30.9 Å². The average Bonchev–Trinajstić information content (AvgIpc) is 2.37. The summed E-state index contributed by atoms with van der Waals surface area (Å²) in [4.78, 5) is 17.6. The summed E-state index contributed by atoms with van der Waals surface area (Å²) in [5.41, 5.74) is 0.950. The van der Waals surface area contributed by atoms with Crippen LogP contribution in [0.15, 0.2) is 18.3 Å². The Morgan fingerprint density at radius 1 is 1.30 bits per heavy atom. The van der Waals surface area contributed by atoms with Crippen molar-refractivity contribution in [3.8, 4) is 5.75 Å². The highest BCUT2D eigenvalue weighted by Gasteiger charge is 2.19. The molecule has 5 nitrogen and oxygen atoms in total. The molecule has 7 heteroatoms. The molecule has 0 bridgehead atoms. The fourth-order valence-corrected chi connectivity index (χ4v) is 1.63. The number of H-pyrrole nitrogens is 1. The summed E-state index contributed by atoms with van der Waals surface area (Å²) in [5, 5.41) is 0. The molecule has 1 heterocycles. The van der Waals surface area contributed by atoms with Gasteiger partial charge in [0.2, 0.25) is 5.75 Å². The minimum Gasteiger partial charge on any atom is -1.00 e. The number of nitrogens with zero attached hydrogens (tertiary/aromatic N) is 1. The van der Waals surface area contributed by atoms with Gasteiger partial charge in [-0.15, -0.1) is 0 Å². The van der Waals surface area contributed by atoms with Crippen LogP contribution in [-0.4, -0.2) is 38.2 Å². The Hall–Kier alpha value is -1.04. The van der Waals surface area contributed by atoms with Crippen LogP contribution in [0.2, 0.25) is 0 Å².